The molecule has 0 aliphatic carbocycles. The van der Waals surface area contributed by atoms with Gasteiger partial charge in [0.05, 0.1) is 10.5 Å². The number of sulfonamides is 1. The molecule has 0 atom stereocenters. The summed E-state index contributed by atoms with van der Waals surface area (Å²) in [4.78, 5) is 11.2. The first-order chi connectivity index (χ1) is 9.63. The van der Waals surface area contributed by atoms with Crippen molar-refractivity contribution in [3.63, 3.8) is 0 Å². The summed E-state index contributed by atoms with van der Waals surface area (Å²) in [5.41, 5.74) is 0.649. The molecular formula is C14H21NO4S2. The van der Waals surface area contributed by atoms with Crippen LogP contribution in [-0.4, -0.2) is 37.0 Å². The van der Waals surface area contributed by atoms with Gasteiger partial charge in [0.25, 0.3) is 0 Å². The maximum absolute atomic E-state index is 12.3. The number of aryl methyl sites for hydroxylation is 1. The van der Waals surface area contributed by atoms with Crippen LogP contribution in [0.5, 0.6) is 0 Å². The van der Waals surface area contributed by atoms with Gasteiger partial charge in [-0.15, -0.1) is 0 Å². The molecule has 0 aromatic heterocycles. The van der Waals surface area contributed by atoms with Crippen LogP contribution in [0.2, 0.25) is 0 Å². The van der Waals surface area contributed by atoms with Crippen LogP contribution in [0.25, 0.3) is 0 Å². The van der Waals surface area contributed by atoms with Crippen LogP contribution in [0.4, 0.5) is 0 Å². The maximum Gasteiger partial charge on any atom is 0.336 e. The van der Waals surface area contributed by atoms with E-state index in [-0.39, 0.29) is 21.8 Å². The second-order valence-corrected chi connectivity index (χ2v) is 8.55. The Kier molecular flexibility index (Phi) is 5.83. The molecule has 1 aromatic carbocycles. The van der Waals surface area contributed by atoms with Gasteiger partial charge in [0, 0.05) is 11.3 Å². The molecule has 0 fully saturated rings. The fourth-order valence-corrected chi connectivity index (χ4v) is 3.20. The van der Waals surface area contributed by atoms with E-state index in [2.05, 4.69) is 4.72 Å². The van der Waals surface area contributed by atoms with Gasteiger partial charge in [0.15, 0.2) is 0 Å². The minimum absolute atomic E-state index is 0.0194. The monoisotopic (exact) mass is 331 g/mol. The highest BCUT2D eigenvalue weighted by atomic mass is 32.2. The van der Waals surface area contributed by atoms with Crippen molar-refractivity contribution in [1.29, 1.82) is 0 Å². The van der Waals surface area contributed by atoms with Gasteiger partial charge in [-0.05, 0) is 44.2 Å². The number of aromatic carboxylic acids is 1. The van der Waals surface area contributed by atoms with Gasteiger partial charge in [-0.2, -0.15) is 11.8 Å². The van der Waals surface area contributed by atoms with E-state index < -0.39 is 16.0 Å². The lowest BCUT2D eigenvalue weighted by Crippen LogP contribution is -2.36. The van der Waals surface area contributed by atoms with Crippen molar-refractivity contribution in [2.75, 3.05) is 12.8 Å². The Morgan fingerprint density at radius 1 is 1.38 bits per heavy atom. The summed E-state index contributed by atoms with van der Waals surface area (Å²) in [5, 5.41) is 9.17. The standard InChI is InChI=1S/C14H21NO4S2/c1-5-10-6-7-11(8-12(10)13(16)17)21(18,19)15-9-14(2,3)20-4/h6-8,15H,5,9H2,1-4H3,(H,16,17). The summed E-state index contributed by atoms with van der Waals surface area (Å²) in [7, 11) is -3.71. The molecule has 7 heteroatoms. The van der Waals surface area contributed by atoms with Crippen LogP contribution >= 0.6 is 11.8 Å². The zero-order chi connectivity index (χ0) is 16.3. The van der Waals surface area contributed by atoms with E-state index in [1.807, 2.05) is 27.0 Å². The molecule has 0 saturated carbocycles. The molecular weight excluding hydrogens is 310 g/mol. The van der Waals surface area contributed by atoms with Gasteiger partial charge in [-0.25, -0.2) is 17.9 Å². The summed E-state index contributed by atoms with van der Waals surface area (Å²) >= 11 is 1.56. The summed E-state index contributed by atoms with van der Waals surface area (Å²) in [5.74, 6) is -1.12. The van der Waals surface area contributed by atoms with E-state index in [0.717, 1.165) is 0 Å². The maximum atomic E-state index is 12.3. The van der Waals surface area contributed by atoms with Gasteiger partial charge >= 0.3 is 5.97 Å². The molecule has 0 amide bonds. The van der Waals surface area contributed by atoms with Crippen molar-refractivity contribution >= 4 is 27.8 Å². The third-order valence-electron chi connectivity index (χ3n) is 3.24. The van der Waals surface area contributed by atoms with Crippen LogP contribution in [0.1, 0.15) is 36.7 Å². The number of hydrogen-bond donors (Lipinski definition) is 2. The molecule has 0 unspecified atom stereocenters. The predicted octanol–water partition coefficient (Wildman–Crippen LogP) is 2.37. The first-order valence-corrected chi connectivity index (χ1v) is 9.25. The minimum atomic E-state index is -3.71. The Hall–Kier alpha value is -1.05. The van der Waals surface area contributed by atoms with Gasteiger partial charge in [0.1, 0.15) is 0 Å². The first kappa shape index (κ1) is 18.0. The fourth-order valence-electron chi connectivity index (χ4n) is 1.65. The summed E-state index contributed by atoms with van der Waals surface area (Å²) in [6.07, 6.45) is 2.45. The number of rotatable bonds is 7. The Labute approximate surface area is 130 Å². The highest BCUT2D eigenvalue weighted by Crippen LogP contribution is 2.22. The number of carboxylic acid groups (broad SMARTS) is 1. The zero-order valence-electron chi connectivity index (χ0n) is 12.6. The summed E-state index contributed by atoms with van der Waals surface area (Å²) in [6.45, 7) is 5.97. The average Bonchev–Trinajstić information content (AvgIpc) is 2.44. The summed E-state index contributed by atoms with van der Waals surface area (Å²) < 4.78 is 26.8. The van der Waals surface area contributed by atoms with Crippen LogP contribution in [0.3, 0.4) is 0 Å². The molecule has 1 aromatic rings. The number of thioether (sulfide) groups is 1. The Morgan fingerprint density at radius 3 is 2.48 bits per heavy atom. The highest BCUT2D eigenvalue weighted by molar-refractivity contribution is 8.00. The van der Waals surface area contributed by atoms with E-state index in [9.17, 15) is 13.2 Å². The molecule has 2 N–H and O–H groups in total. The normalized spacial score (nSPS) is 12.4. The lowest BCUT2D eigenvalue weighted by molar-refractivity contribution is 0.0695. The number of nitrogens with one attached hydrogen (secondary N) is 1. The minimum Gasteiger partial charge on any atom is -0.478 e. The molecule has 21 heavy (non-hydrogen) atoms. The Balaban J connectivity index is 3.09. The number of carbonyl (C=O) groups is 1. The van der Waals surface area contributed by atoms with Crippen LogP contribution in [-0.2, 0) is 16.4 Å². The number of benzene rings is 1. The largest absolute Gasteiger partial charge is 0.478 e. The molecule has 0 spiro atoms. The molecule has 118 valence electrons. The quantitative estimate of drug-likeness (QED) is 0.801. The fraction of sp³-hybridized carbons (Fsp3) is 0.500. The number of carboxylic acids is 1. The van der Waals surface area contributed by atoms with E-state index in [4.69, 9.17) is 5.11 Å². The second kappa shape index (κ2) is 6.81. The summed E-state index contributed by atoms with van der Waals surface area (Å²) in [6, 6.07) is 4.22. The van der Waals surface area contributed by atoms with Crippen molar-refractivity contribution in [2.24, 2.45) is 0 Å². The third-order valence-corrected chi connectivity index (χ3v) is 5.89. The molecule has 5 nitrogen and oxygen atoms in total. The molecule has 0 aliphatic rings. The Bertz CT molecular complexity index is 624. The van der Waals surface area contributed by atoms with Crippen molar-refractivity contribution in [3.05, 3.63) is 29.3 Å². The smallest absolute Gasteiger partial charge is 0.336 e. The Morgan fingerprint density at radius 2 is 2.00 bits per heavy atom. The van der Waals surface area contributed by atoms with Crippen molar-refractivity contribution in [3.8, 4) is 0 Å². The molecule has 0 heterocycles. The zero-order valence-corrected chi connectivity index (χ0v) is 14.3. The second-order valence-electron chi connectivity index (χ2n) is 5.27. The predicted molar refractivity (Wildman–Crippen MR) is 85.6 cm³/mol. The van der Waals surface area contributed by atoms with E-state index >= 15 is 0 Å². The van der Waals surface area contributed by atoms with Crippen LogP contribution < -0.4 is 4.72 Å². The molecule has 1 rings (SSSR count). The van der Waals surface area contributed by atoms with Gasteiger partial charge in [-0.1, -0.05) is 13.0 Å². The molecule has 0 bridgehead atoms. The van der Waals surface area contributed by atoms with Gasteiger partial charge in [0.2, 0.25) is 10.0 Å². The lowest BCUT2D eigenvalue weighted by Gasteiger charge is -2.22. The first-order valence-electron chi connectivity index (χ1n) is 6.54. The van der Waals surface area contributed by atoms with Crippen LogP contribution in [0.15, 0.2) is 23.1 Å². The highest BCUT2D eigenvalue weighted by Gasteiger charge is 2.22. The molecule has 0 saturated heterocycles. The van der Waals surface area contributed by atoms with E-state index in [1.54, 1.807) is 17.8 Å². The van der Waals surface area contributed by atoms with E-state index in [0.29, 0.717) is 12.0 Å². The van der Waals surface area contributed by atoms with Crippen LogP contribution in [0, 0.1) is 0 Å². The van der Waals surface area contributed by atoms with Gasteiger partial charge in [-0.3, -0.25) is 0 Å². The van der Waals surface area contributed by atoms with Crippen molar-refractivity contribution < 1.29 is 18.3 Å². The van der Waals surface area contributed by atoms with E-state index in [1.165, 1.54) is 12.1 Å². The number of hydrogen-bond acceptors (Lipinski definition) is 4. The third kappa shape index (κ3) is 4.72. The van der Waals surface area contributed by atoms with Gasteiger partial charge < -0.3 is 5.11 Å². The SMILES string of the molecule is CCc1ccc(S(=O)(=O)NCC(C)(C)SC)cc1C(=O)O. The van der Waals surface area contributed by atoms with Crippen molar-refractivity contribution in [2.45, 2.75) is 36.8 Å². The topological polar surface area (TPSA) is 83.5 Å². The average molecular weight is 331 g/mol. The molecule has 0 aliphatic heterocycles. The lowest BCUT2D eigenvalue weighted by atomic mass is 10.1. The molecule has 0 radical (unpaired) electrons. The van der Waals surface area contributed by atoms with Crippen molar-refractivity contribution in [1.82, 2.24) is 4.72 Å².